The highest BCUT2D eigenvalue weighted by Gasteiger charge is 2.10. The molecule has 0 aliphatic heterocycles. The summed E-state index contributed by atoms with van der Waals surface area (Å²) in [5, 5.41) is 11.9. The molecule has 4 N–H and O–H groups in total. The number of nitrogens with zero attached hydrogens (tertiary/aromatic N) is 1. The van der Waals surface area contributed by atoms with Gasteiger partial charge in [-0.3, -0.25) is 0 Å². The van der Waals surface area contributed by atoms with Crippen molar-refractivity contribution in [1.82, 2.24) is 4.98 Å². The monoisotopic (exact) mass is 239 g/mol. The maximum atomic E-state index is 10.9. The number of carboxylic acid groups (broad SMARTS) is 1. The molecule has 1 atom stereocenters. The van der Waals surface area contributed by atoms with Gasteiger partial charge in [-0.2, -0.15) is 0 Å². The molecule has 1 aromatic heterocycles. The second-order valence-electron chi connectivity index (χ2n) is 3.90. The number of methoxy groups -OCH3 is 1. The van der Waals surface area contributed by atoms with E-state index in [0.717, 1.165) is 0 Å². The Morgan fingerprint density at radius 3 is 3.00 bits per heavy atom. The normalized spacial score (nSPS) is 12.1. The Kier molecular flexibility index (Phi) is 4.71. The first-order valence-electron chi connectivity index (χ1n) is 5.26. The fraction of sp³-hybridized carbons (Fsp3) is 0.455. The van der Waals surface area contributed by atoms with Crippen LogP contribution in [0.2, 0.25) is 0 Å². The molecular weight excluding hydrogens is 222 g/mol. The molecule has 0 aliphatic carbocycles. The van der Waals surface area contributed by atoms with E-state index in [9.17, 15) is 4.79 Å². The van der Waals surface area contributed by atoms with Gasteiger partial charge in [0.25, 0.3) is 0 Å². The van der Waals surface area contributed by atoms with Crippen LogP contribution in [-0.2, 0) is 4.74 Å². The number of rotatable bonds is 6. The molecule has 94 valence electrons. The van der Waals surface area contributed by atoms with Crippen molar-refractivity contribution in [2.24, 2.45) is 5.92 Å². The standard InChI is InChI=1S/C11H17N3O3/c1-7(6-17-2)4-13-10-3-8(11(15)16)9(12)5-14-10/h3,5,7H,4,6,12H2,1-2H3,(H,13,14)(H,15,16). The van der Waals surface area contributed by atoms with Gasteiger partial charge in [-0.1, -0.05) is 6.92 Å². The average molecular weight is 239 g/mol. The number of nitrogens with two attached hydrogens (primary N) is 1. The van der Waals surface area contributed by atoms with Gasteiger partial charge in [-0.25, -0.2) is 9.78 Å². The highest BCUT2D eigenvalue weighted by atomic mass is 16.5. The number of hydrogen-bond donors (Lipinski definition) is 3. The molecule has 0 saturated heterocycles. The van der Waals surface area contributed by atoms with E-state index in [1.54, 1.807) is 7.11 Å². The minimum Gasteiger partial charge on any atom is -0.478 e. The van der Waals surface area contributed by atoms with E-state index in [2.05, 4.69) is 10.3 Å². The van der Waals surface area contributed by atoms with Crippen LogP contribution in [0.1, 0.15) is 17.3 Å². The summed E-state index contributed by atoms with van der Waals surface area (Å²) in [5.41, 5.74) is 5.72. The first kappa shape index (κ1) is 13.2. The number of ether oxygens (including phenoxy) is 1. The number of hydrogen-bond acceptors (Lipinski definition) is 5. The topological polar surface area (TPSA) is 97.5 Å². The highest BCUT2D eigenvalue weighted by Crippen LogP contribution is 2.14. The van der Waals surface area contributed by atoms with E-state index >= 15 is 0 Å². The number of carbonyl (C=O) groups is 1. The highest BCUT2D eigenvalue weighted by molar-refractivity contribution is 5.94. The van der Waals surface area contributed by atoms with Crippen molar-refractivity contribution in [3.05, 3.63) is 17.8 Å². The van der Waals surface area contributed by atoms with Gasteiger partial charge in [0.2, 0.25) is 0 Å². The predicted octanol–water partition coefficient (Wildman–Crippen LogP) is 1.06. The molecule has 1 heterocycles. The summed E-state index contributed by atoms with van der Waals surface area (Å²) in [6, 6.07) is 1.43. The lowest BCUT2D eigenvalue weighted by atomic mass is 10.2. The first-order valence-corrected chi connectivity index (χ1v) is 5.26. The zero-order chi connectivity index (χ0) is 12.8. The fourth-order valence-electron chi connectivity index (χ4n) is 1.37. The van der Waals surface area contributed by atoms with Gasteiger partial charge in [-0.15, -0.1) is 0 Å². The number of anilines is 2. The predicted molar refractivity (Wildman–Crippen MR) is 65.1 cm³/mol. The molecule has 6 nitrogen and oxygen atoms in total. The Labute approximate surface area is 99.8 Å². The van der Waals surface area contributed by atoms with Crippen LogP contribution in [0.5, 0.6) is 0 Å². The van der Waals surface area contributed by atoms with Gasteiger partial charge < -0.3 is 20.9 Å². The molecule has 0 radical (unpaired) electrons. The van der Waals surface area contributed by atoms with Crippen LogP contribution in [0.25, 0.3) is 0 Å². The second-order valence-corrected chi connectivity index (χ2v) is 3.90. The van der Waals surface area contributed by atoms with Crippen molar-refractivity contribution < 1.29 is 14.6 Å². The van der Waals surface area contributed by atoms with Crippen LogP contribution in [0.4, 0.5) is 11.5 Å². The van der Waals surface area contributed by atoms with Gasteiger partial charge in [0, 0.05) is 13.7 Å². The Morgan fingerprint density at radius 1 is 1.71 bits per heavy atom. The van der Waals surface area contributed by atoms with Gasteiger partial charge in [-0.05, 0) is 12.0 Å². The van der Waals surface area contributed by atoms with E-state index in [1.165, 1.54) is 12.3 Å². The Bertz CT molecular complexity index is 396. The van der Waals surface area contributed by atoms with Crippen LogP contribution in [0.3, 0.4) is 0 Å². The van der Waals surface area contributed by atoms with Crippen molar-refractivity contribution in [3.8, 4) is 0 Å². The van der Waals surface area contributed by atoms with E-state index in [4.69, 9.17) is 15.6 Å². The summed E-state index contributed by atoms with van der Waals surface area (Å²) >= 11 is 0. The lowest BCUT2D eigenvalue weighted by molar-refractivity contribution is 0.0698. The van der Waals surface area contributed by atoms with Gasteiger partial charge in [0.05, 0.1) is 24.1 Å². The van der Waals surface area contributed by atoms with Crippen LogP contribution in [-0.4, -0.2) is 36.3 Å². The van der Waals surface area contributed by atoms with Gasteiger partial charge in [0.1, 0.15) is 5.82 Å². The summed E-state index contributed by atoms with van der Waals surface area (Å²) < 4.78 is 5.00. The molecule has 0 aliphatic rings. The number of nitrogen functional groups attached to an aromatic ring is 1. The smallest absolute Gasteiger partial charge is 0.337 e. The summed E-state index contributed by atoms with van der Waals surface area (Å²) in [6.45, 7) is 3.31. The number of nitrogens with one attached hydrogen (secondary N) is 1. The summed E-state index contributed by atoms with van der Waals surface area (Å²) in [6.07, 6.45) is 1.34. The molecule has 0 saturated carbocycles. The molecule has 1 unspecified atom stereocenters. The SMILES string of the molecule is COCC(C)CNc1cc(C(=O)O)c(N)cn1. The third kappa shape index (κ3) is 3.92. The largest absolute Gasteiger partial charge is 0.478 e. The lowest BCUT2D eigenvalue weighted by Crippen LogP contribution is -2.17. The molecular formula is C11H17N3O3. The Hall–Kier alpha value is -1.82. The van der Waals surface area contributed by atoms with Crippen LogP contribution >= 0.6 is 0 Å². The zero-order valence-electron chi connectivity index (χ0n) is 9.93. The third-order valence-corrected chi connectivity index (χ3v) is 2.25. The molecule has 1 rings (SSSR count). The summed E-state index contributed by atoms with van der Waals surface area (Å²) in [7, 11) is 1.64. The van der Waals surface area contributed by atoms with Gasteiger partial charge in [0.15, 0.2) is 0 Å². The second kappa shape index (κ2) is 6.05. The molecule has 0 aromatic carbocycles. The van der Waals surface area contributed by atoms with Crippen molar-refractivity contribution in [2.45, 2.75) is 6.92 Å². The number of aromatic nitrogens is 1. The van der Waals surface area contributed by atoms with E-state index in [-0.39, 0.29) is 11.3 Å². The summed E-state index contributed by atoms with van der Waals surface area (Å²) in [4.78, 5) is 14.9. The quantitative estimate of drug-likeness (QED) is 0.686. The van der Waals surface area contributed by atoms with Crippen molar-refractivity contribution in [2.75, 3.05) is 31.3 Å². The Balaban J connectivity index is 2.66. The molecule has 17 heavy (non-hydrogen) atoms. The molecule has 6 heteroatoms. The third-order valence-electron chi connectivity index (χ3n) is 2.25. The molecule has 0 spiro atoms. The van der Waals surface area contributed by atoms with Crippen molar-refractivity contribution in [1.29, 1.82) is 0 Å². The maximum absolute atomic E-state index is 10.9. The number of pyridine rings is 1. The number of aromatic carboxylic acids is 1. The van der Waals surface area contributed by atoms with Crippen LogP contribution < -0.4 is 11.1 Å². The van der Waals surface area contributed by atoms with E-state index in [0.29, 0.717) is 24.9 Å². The van der Waals surface area contributed by atoms with E-state index < -0.39 is 5.97 Å². The fourth-order valence-corrected chi connectivity index (χ4v) is 1.37. The maximum Gasteiger partial charge on any atom is 0.337 e. The van der Waals surface area contributed by atoms with E-state index in [1.807, 2.05) is 6.92 Å². The molecule has 1 aromatic rings. The van der Waals surface area contributed by atoms with Crippen molar-refractivity contribution in [3.63, 3.8) is 0 Å². The summed E-state index contributed by atoms with van der Waals surface area (Å²) in [5.74, 6) is -0.245. The first-order chi connectivity index (χ1) is 8.04. The van der Waals surface area contributed by atoms with Crippen LogP contribution in [0, 0.1) is 5.92 Å². The van der Waals surface area contributed by atoms with Crippen molar-refractivity contribution >= 4 is 17.5 Å². The molecule has 0 amide bonds. The minimum absolute atomic E-state index is 0.0573. The lowest BCUT2D eigenvalue weighted by Gasteiger charge is -2.12. The van der Waals surface area contributed by atoms with Crippen LogP contribution in [0.15, 0.2) is 12.3 Å². The molecule has 0 fully saturated rings. The zero-order valence-corrected chi connectivity index (χ0v) is 9.93. The number of carboxylic acids is 1. The minimum atomic E-state index is -1.06. The average Bonchev–Trinajstić information content (AvgIpc) is 2.28. The van der Waals surface area contributed by atoms with Gasteiger partial charge >= 0.3 is 5.97 Å². The Morgan fingerprint density at radius 2 is 2.41 bits per heavy atom. The molecule has 0 bridgehead atoms.